The van der Waals surface area contributed by atoms with E-state index >= 15 is 0 Å². The fourth-order valence-corrected chi connectivity index (χ4v) is 4.28. The molecule has 0 amide bonds. The monoisotopic (exact) mass is 340 g/mol. The van der Waals surface area contributed by atoms with E-state index in [9.17, 15) is 0 Å². The predicted molar refractivity (Wildman–Crippen MR) is 115 cm³/mol. The van der Waals surface area contributed by atoms with E-state index in [4.69, 9.17) is 0 Å². The zero-order chi connectivity index (χ0) is 17.9. The molecule has 0 heteroatoms. The molecule has 148 valence electrons. The van der Waals surface area contributed by atoms with Crippen molar-refractivity contribution in [3.63, 3.8) is 0 Å². The van der Waals surface area contributed by atoms with Crippen LogP contribution in [0.4, 0.5) is 0 Å². The van der Waals surface area contributed by atoms with E-state index in [2.05, 4.69) is 41.5 Å². The van der Waals surface area contributed by atoms with Crippen LogP contribution in [0.25, 0.3) is 0 Å². The van der Waals surface area contributed by atoms with E-state index in [0.29, 0.717) is 0 Å². The summed E-state index contributed by atoms with van der Waals surface area (Å²) in [6, 6.07) is 0. The normalized spacial score (nSPS) is 39.8. The summed E-state index contributed by atoms with van der Waals surface area (Å²) in [4.78, 5) is 0. The lowest BCUT2D eigenvalue weighted by atomic mass is 9.84. The summed E-state index contributed by atoms with van der Waals surface area (Å²) in [5.41, 5.74) is 0. The Kier molecular flexibility index (Phi) is 11.4. The first kappa shape index (κ1) is 22.0. The molecule has 24 heavy (non-hydrogen) atoms. The van der Waals surface area contributed by atoms with Crippen LogP contribution in [0.5, 0.6) is 0 Å². The highest BCUT2D eigenvalue weighted by atomic mass is 14.2. The van der Waals surface area contributed by atoms with Crippen LogP contribution in [0.1, 0.15) is 121 Å². The van der Waals surface area contributed by atoms with Gasteiger partial charge in [0, 0.05) is 2.85 Å². The molecule has 0 N–H and O–H groups in total. The van der Waals surface area contributed by atoms with E-state index in [-0.39, 0.29) is 2.85 Å². The molecule has 0 aromatic heterocycles. The second kappa shape index (κ2) is 12.4. The number of rotatable bonds is 0. The average molecular weight is 341 g/mol. The second-order valence-corrected chi connectivity index (χ2v) is 10.1. The minimum Gasteiger partial charge on any atom is -0.0625 e. The number of hydrogen-bond donors (Lipinski definition) is 0. The largest absolute Gasteiger partial charge is 0.0625 e. The lowest BCUT2D eigenvalue weighted by Gasteiger charge is -2.22. The average Bonchev–Trinajstić information content (AvgIpc) is 2.57. The van der Waals surface area contributed by atoms with Crippen molar-refractivity contribution in [2.45, 2.75) is 119 Å². The van der Waals surface area contributed by atoms with Crippen molar-refractivity contribution in [1.82, 2.24) is 0 Å². The molecule has 3 aliphatic carbocycles. The molecule has 0 aromatic carbocycles. The molecule has 3 aliphatic rings. The van der Waals surface area contributed by atoms with Crippen LogP contribution >= 0.6 is 0 Å². The van der Waals surface area contributed by atoms with E-state index in [1.807, 2.05) is 0 Å². The van der Waals surface area contributed by atoms with Crippen molar-refractivity contribution in [3.05, 3.63) is 0 Å². The van der Waals surface area contributed by atoms with Crippen molar-refractivity contribution in [3.8, 4) is 0 Å². The SMILES string of the molecule is CC1CCC(C)CC1.CC1CCC(C)CC1.CC1CCC(C)CC1.[HH].[HH]. The molecule has 0 atom stereocenters. The molecular weight excluding hydrogens is 288 g/mol. The van der Waals surface area contributed by atoms with Gasteiger partial charge in [-0.05, 0) is 35.5 Å². The molecule has 0 aromatic rings. The lowest BCUT2D eigenvalue weighted by molar-refractivity contribution is 0.308. The summed E-state index contributed by atoms with van der Waals surface area (Å²) in [6.07, 6.45) is 17.7. The van der Waals surface area contributed by atoms with Crippen LogP contribution in [0, 0.1) is 35.5 Å². The van der Waals surface area contributed by atoms with Crippen LogP contribution in [-0.2, 0) is 0 Å². The third-order valence-electron chi connectivity index (χ3n) is 6.91. The maximum absolute atomic E-state index is 2.37. The quantitative estimate of drug-likeness (QED) is 0.412. The molecule has 0 nitrogen and oxygen atoms in total. The standard InChI is InChI=1S/3C8H16.2H2/c3*1-7-3-5-8(2)6-4-7;;/h3*7-8H,3-6H2,1-2H3;2*1H. The second-order valence-electron chi connectivity index (χ2n) is 10.1. The first-order valence-electron chi connectivity index (χ1n) is 11.4. The Morgan fingerprint density at radius 2 is 0.375 bits per heavy atom. The summed E-state index contributed by atoms with van der Waals surface area (Å²) in [7, 11) is 0. The van der Waals surface area contributed by atoms with E-state index < -0.39 is 0 Å². The van der Waals surface area contributed by atoms with Crippen LogP contribution in [0.15, 0.2) is 0 Å². The minimum atomic E-state index is 0. The van der Waals surface area contributed by atoms with Crippen LogP contribution < -0.4 is 0 Å². The van der Waals surface area contributed by atoms with Gasteiger partial charge in [0.2, 0.25) is 0 Å². The van der Waals surface area contributed by atoms with Gasteiger partial charge in [-0.15, -0.1) is 0 Å². The summed E-state index contributed by atoms with van der Waals surface area (Å²) < 4.78 is 0. The van der Waals surface area contributed by atoms with Crippen LogP contribution in [-0.4, -0.2) is 0 Å². The highest BCUT2D eigenvalue weighted by Gasteiger charge is 2.14. The third-order valence-corrected chi connectivity index (χ3v) is 6.91. The predicted octanol–water partition coefficient (Wildman–Crippen LogP) is 8.99. The van der Waals surface area contributed by atoms with Gasteiger partial charge in [0.15, 0.2) is 0 Å². The van der Waals surface area contributed by atoms with Gasteiger partial charge in [0.05, 0.1) is 0 Å². The topological polar surface area (TPSA) is 0 Å². The molecule has 0 aliphatic heterocycles. The molecule has 3 fully saturated rings. The maximum atomic E-state index is 2.37. The summed E-state index contributed by atoms with van der Waals surface area (Å²) in [5, 5.41) is 0. The van der Waals surface area contributed by atoms with Gasteiger partial charge >= 0.3 is 0 Å². The molecular formula is C24H52. The molecule has 0 radical (unpaired) electrons. The third kappa shape index (κ3) is 10.8. The molecule has 0 saturated heterocycles. The Morgan fingerprint density at radius 3 is 0.458 bits per heavy atom. The van der Waals surface area contributed by atoms with Gasteiger partial charge in [0.25, 0.3) is 0 Å². The van der Waals surface area contributed by atoms with Crippen molar-refractivity contribution in [2.24, 2.45) is 35.5 Å². The number of hydrogen-bond acceptors (Lipinski definition) is 0. The Hall–Kier alpha value is 0. The van der Waals surface area contributed by atoms with Crippen molar-refractivity contribution < 1.29 is 2.85 Å². The van der Waals surface area contributed by atoms with Crippen LogP contribution in [0.3, 0.4) is 0 Å². The fraction of sp³-hybridized carbons (Fsp3) is 1.00. The van der Waals surface area contributed by atoms with Crippen molar-refractivity contribution in [1.29, 1.82) is 0 Å². The zero-order valence-electron chi connectivity index (χ0n) is 17.9. The zero-order valence-corrected chi connectivity index (χ0v) is 17.9. The van der Waals surface area contributed by atoms with Gasteiger partial charge < -0.3 is 0 Å². The van der Waals surface area contributed by atoms with E-state index in [0.717, 1.165) is 35.5 Å². The minimum absolute atomic E-state index is 0. The Balaban J connectivity index is 0. The Labute approximate surface area is 157 Å². The highest BCUT2D eigenvalue weighted by Crippen LogP contribution is 2.28. The summed E-state index contributed by atoms with van der Waals surface area (Å²) >= 11 is 0. The van der Waals surface area contributed by atoms with E-state index in [1.54, 1.807) is 0 Å². The van der Waals surface area contributed by atoms with Gasteiger partial charge in [-0.2, -0.15) is 0 Å². The molecule has 0 heterocycles. The first-order chi connectivity index (χ1) is 11.4. The van der Waals surface area contributed by atoms with Crippen molar-refractivity contribution >= 4 is 0 Å². The Morgan fingerprint density at radius 1 is 0.292 bits per heavy atom. The van der Waals surface area contributed by atoms with E-state index in [1.165, 1.54) is 77.0 Å². The van der Waals surface area contributed by atoms with Crippen molar-refractivity contribution in [2.75, 3.05) is 0 Å². The first-order valence-corrected chi connectivity index (χ1v) is 11.4. The van der Waals surface area contributed by atoms with Crippen LogP contribution in [0.2, 0.25) is 0 Å². The van der Waals surface area contributed by atoms with Gasteiger partial charge in [0.1, 0.15) is 0 Å². The lowest BCUT2D eigenvalue weighted by Crippen LogP contribution is -2.08. The molecule has 0 bridgehead atoms. The molecule has 0 spiro atoms. The molecule has 0 unspecified atom stereocenters. The fourth-order valence-electron chi connectivity index (χ4n) is 4.28. The smallest absolute Gasteiger partial charge is 0 e. The van der Waals surface area contributed by atoms with Gasteiger partial charge in [-0.25, -0.2) is 0 Å². The van der Waals surface area contributed by atoms with Gasteiger partial charge in [-0.3, -0.25) is 0 Å². The van der Waals surface area contributed by atoms with Gasteiger partial charge in [-0.1, -0.05) is 119 Å². The Bertz CT molecular complexity index is 203. The summed E-state index contributed by atoms with van der Waals surface area (Å²) in [5.74, 6) is 6.12. The molecule has 3 saturated carbocycles. The summed E-state index contributed by atoms with van der Waals surface area (Å²) in [6.45, 7) is 14.2. The highest BCUT2D eigenvalue weighted by molar-refractivity contribution is 4.67. The maximum Gasteiger partial charge on any atom is 0 e. The molecule has 3 rings (SSSR count).